The van der Waals surface area contributed by atoms with Crippen molar-refractivity contribution in [2.45, 2.75) is 77.7 Å². The number of nitriles is 1. The molecule has 0 aromatic heterocycles. The third kappa shape index (κ3) is 2.65. The van der Waals surface area contributed by atoms with Gasteiger partial charge in [-0.2, -0.15) is 5.26 Å². The van der Waals surface area contributed by atoms with E-state index in [0.717, 1.165) is 38.5 Å². The first kappa shape index (κ1) is 14.5. The lowest BCUT2D eigenvalue weighted by atomic mass is 9.59. The quantitative estimate of drug-likeness (QED) is 0.784. The van der Waals surface area contributed by atoms with Crippen LogP contribution in [0.5, 0.6) is 0 Å². The fourth-order valence-electron chi connectivity index (χ4n) is 3.53. The molecule has 1 aliphatic rings. The van der Waals surface area contributed by atoms with Gasteiger partial charge in [0.2, 0.25) is 0 Å². The molecule has 1 rings (SSSR count). The van der Waals surface area contributed by atoms with E-state index in [-0.39, 0.29) is 0 Å². The van der Waals surface area contributed by atoms with Gasteiger partial charge in [-0.15, -0.1) is 0 Å². The topological polar surface area (TPSA) is 44.0 Å². The molecule has 2 nitrogen and oxygen atoms in total. The lowest BCUT2D eigenvalue weighted by Gasteiger charge is -2.47. The number of aliphatic hydroxyl groups is 1. The molecule has 0 aliphatic heterocycles. The van der Waals surface area contributed by atoms with E-state index in [2.05, 4.69) is 19.9 Å². The minimum Gasteiger partial charge on any atom is -0.388 e. The third-order valence-electron chi connectivity index (χ3n) is 4.78. The second-order valence-corrected chi connectivity index (χ2v) is 5.70. The second kappa shape index (κ2) is 5.87. The molecule has 98 valence electrons. The van der Waals surface area contributed by atoms with Crippen molar-refractivity contribution in [3.05, 3.63) is 0 Å². The molecular weight excluding hydrogens is 210 g/mol. The minimum atomic E-state index is -0.773. The largest absolute Gasteiger partial charge is 0.388 e. The van der Waals surface area contributed by atoms with Crippen molar-refractivity contribution in [1.29, 1.82) is 5.26 Å². The van der Waals surface area contributed by atoms with E-state index in [9.17, 15) is 10.4 Å². The van der Waals surface area contributed by atoms with Crippen molar-refractivity contribution in [2.24, 2.45) is 11.3 Å². The molecule has 0 bridgehead atoms. The van der Waals surface area contributed by atoms with Crippen molar-refractivity contribution in [2.75, 3.05) is 0 Å². The Morgan fingerprint density at radius 1 is 1.41 bits per heavy atom. The highest BCUT2D eigenvalue weighted by Crippen LogP contribution is 2.50. The summed E-state index contributed by atoms with van der Waals surface area (Å²) < 4.78 is 0. The van der Waals surface area contributed by atoms with Crippen LogP contribution in [0, 0.1) is 22.7 Å². The van der Waals surface area contributed by atoms with Crippen LogP contribution in [0.25, 0.3) is 0 Å². The van der Waals surface area contributed by atoms with Gasteiger partial charge >= 0.3 is 0 Å². The van der Waals surface area contributed by atoms with E-state index in [1.807, 2.05) is 6.92 Å². The van der Waals surface area contributed by atoms with Gasteiger partial charge in [0.05, 0.1) is 17.1 Å². The highest BCUT2D eigenvalue weighted by Gasteiger charge is 2.50. The van der Waals surface area contributed by atoms with Crippen molar-refractivity contribution < 1.29 is 5.11 Å². The Morgan fingerprint density at radius 3 is 2.59 bits per heavy atom. The predicted octanol–water partition coefficient (Wildman–Crippen LogP) is 4.04. The van der Waals surface area contributed by atoms with Crippen LogP contribution in [0.15, 0.2) is 0 Å². The Balaban J connectivity index is 2.97. The van der Waals surface area contributed by atoms with Crippen LogP contribution in [0.3, 0.4) is 0 Å². The molecule has 2 heteroatoms. The Kier molecular flexibility index (Phi) is 5.01. The Hall–Kier alpha value is -0.550. The molecule has 0 aromatic rings. The molecule has 0 radical (unpaired) electrons. The maximum absolute atomic E-state index is 10.9. The Bertz CT molecular complexity index is 283. The van der Waals surface area contributed by atoms with Crippen LogP contribution in [-0.2, 0) is 0 Å². The van der Waals surface area contributed by atoms with Gasteiger partial charge in [0.1, 0.15) is 0 Å². The second-order valence-electron chi connectivity index (χ2n) is 5.70. The van der Waals surface area contributed by atoms with Gasteiger partial charge < -0.3 is 5.11 Å². The lowest BCUT2D eigenvalue weighted by Crippen LogP contribution is -2.49. The van der Waals surface area contributed by atoms with Gasteiger partial charge in [0.25, 0.3) is 0 Å². The molecule has 3 unspecified atom stereocenters. The maximum Gasteiger partial charge on any atom is 0.0862 e. The zero-order valence-electron chi connectivity index (χ0n) is 11.6. The Labute approximate surface area is 106 Å². The summed E-state index contributed by atoms with van der Waals surface area (Å²) in [4.78, 5) is 0. The van der Waals surface area contributed by atoms with Crippen LogP contribution in [0.2, 0.25) is 0 Å². The van der Waals surface area contributed by atoms with E-state index in [1.165, 1.54) is 6.42 Å². The van der Waals surface area contributed by atoms with Crippen molar-refractivity contribution >= 4 is 0 Å². The Morgan fingerprint density at radius 2 is 2.12 bits per heavy atom. The molecular formula is C15H27NO. The normalized spacial score (nSPS) is 32.8. The van der Waals surface area contributed by atoms with E-state index >= 15 is 0 Å². The number of hydrogen-bond donors (Lipinski definition) is 1. The first-order valence-electron chi connectivity index (χ1n) is 7.21. The number of hydrogen-bond acceptors (Lipinski definition) is 2. The summed E-state index contributed by atoms with van der Waals surface area (Å²) in [6.07, 6.45) is 7.64. The highest BCUT2D eigenvalue weighted by atomic mass is 16.3. The van der Waals surface area contributed by atoms with Gasteiger partial charge in [0, 0.05) is 0 Å². The molecule has 0 amide bonds. The van der Waals surface area contributed by atoms with Gasteiger partial charge in [-0.1, -0.05) is 46.5 Å². The van der Waals surface area contributed by atoms with Crippen LogP contribution in [0.1, 0.15) is 72.1 Å². The summed E-state index contributed by atoms with van der Waals surface area (Å²) in [5, 5.41) is 20.5. The van der Waals surface area contributed by atoms with E-state index in [0.29, 0.717) is 12.3 Å². The van der Waals surface area contributed by atoms with Gasteiger partial charge in [-0.05, 0) is 31.6 Å². The molecule has 0 spiro atoms. The zero-order chi connectivity index (χ0) is 12.9. The first-order chi connectivity index (χ1) is 8.07. The average molecular weight is 237 g/mol. The zero-order valence-corrected chi connectivity index (χ0v) is 11.6. The number of nitrogens with zero attached hydrogens (tertiary/aromatic N) is 1. The van der Waals surface area contributed by atoms with E-state index < -0.39 is 11.0 Å². The first-order valence-corrected chi connectivity index (χ1v) is 7.21. The molecule has 1 saturated carbocycles. The summed E-state index contributed by atoms with van der Waals surface area (Å²) in [5.74, 6) is 0.623. The van der Waals surface area contributed by atoms with E-state index in [1.54, 1.807) is 0 Å². The van der Waals surface area contributed by atoms with Crippen LogP contribution >= 0.6 is 0 Å². The fraction of sp³-hybridized carbons (Fsp3) is 0.933. The van der Waals surface area contributed by atoms with Gasteiger partial charge in [-0.3, -0.25) is 0 Å². The fourth-order valence-corrected chi connectivity index (χ4v) is 3.53. The molecule has 1 aliphatic carbocycles. The summed E-state index contributed by atoms with van der Waals surface area (Å²) in [5.41, 5.74) is -1.26. The van der Waals surface area contributed by atoms with Gasteiger partial charge in [-0.25, -0.2) is 0 Å². The molecule has 3 atom stereocenters. The highest BCUT2D eigenvalue weighted by molar-refractivity contribution is 5.12. The molecule has 0 saturated heterocycles. The van der Waals surface area contributed by atoms with Crippen molar-refractivity contribution in [3.63, 3.8) is 0 Å². The molecule has 17 heavy (non-hydrogen) atoms. The van der Waals surface area contributed by atoms with Crippen LogP contribution < -0.4 is 0 Å². The summed E-state index contributed by atoms with van der Waals surface area (Å²) in [7, 11) is 0. The van der Waals surface area contributed by atoms with Crippen molar-refractivity contribution in [3.8, 4) is 6.07 Å². The molecule has 1 N–H and O–H groups in total. The number of rotatable bonds is 5. The summed E-state index contributed by atoms with van der Waals surface area (Å²) in [6, 6.07) is 2.51. The van der Waals surface area contributed by atoms with Crippen LogP contribution in [0.4, 0.5) is 0 Å². The molecule has 1 fully saturated rings. The third-order valence-corrected chi connectivity index (χ3v) is 4.78. The van der Waals surface area contributed by atoms with Crippen molar-refractivity contribution in [1.82, 2.24) is 0 Å². The van der Waals surface area contributed by atoms with Gasteiger partial charge in [0.15, 0.2) is 0 Å². The average Bonchev–Trinajstić information content (AvgIpc) is 2.38. The molecule has 0 aromatic carbocycles. The summed E-state index contributed by atoms with van der Waals surface area (Å²) in [6.45, 7) is 6.30. The summed E-state index contributed by atoms with van der Waals surface area (Å²) >= 11 is 0. The monoisotopic (exact) mass is 237 g/mol. The minimum absolute atomic E-state index is 0.489. The predicted molar refractivity (Wildman–Crippen MR) is 70.4 cm³/mol. The molecule has 0 heterocycles. The maximum atomic E-state index is 10.9. The lowest BCUT2D eigenvalue weighted by molar-refractivity contribution is -0.0909. The van der Waals surface area contributed by atoms with E-state index in [4.69, 9.17) is 0 Å². The standard InChI is InChI=1S/C15H27NO/c1-4-9-15(17,6-3)14(12-16)10-7-8-13(5-2)11-14/h13,17H,4-11H2,1-3H3. The smallest absolute Gasteiger partial charge is 0.0862 e. The van der Waals surface area contributed by atoms with Crippen LogP contribution in [-0.4, -0.2) is 10.7 Å². The SMILES string of the molecule is CCCC(O)(CC)C1(C#N)CCCC(CC)C1.